The van der Waals surface area contributed by atoms with Crippen molar-refractivity contribution in [2.24, 2.45) is 5.92 Å². The van der Waals surface area contributed by atoms with Gasteiger partial charge in [0.2, 0.25) is 17.7 Å². The molecule has 11 nitrogen and oxygen atoms in total. The third-order valence-corrected chi connectivity index (χ3v) is 12.7. The van der Waals surface area contributed by atoms with Gasteiger partial charge in [0.25, 0.3) is 11.8 Å². The zero-order chi connectivity index (χ0) is 40.6. The van der Waals surface area contributed by atoms with Crippen LogP contribution >= 0.6 is 0 Å². The minimum absolute atomic E-state index is 0.178. The molecule has 0 spiro atoms. The van der Waals surface area contributed by atoms with Gasteiger partial charge in [-0.3, -0.25) is 34.2 Å². The number of likely N-dealkylation sites (tertiary alicyclic amines) is 2. The summed E-state index contributed by atoms with van der Waals surface area (Å²) in [5, 5.41) is 2.45. The van der Waals surface area contributed by atoms with Gasteiger partial charge < -0.3 is 19.3 Å². The van der Waals surface area contributed by atoms with Crippen LogP contribution in [0.25, 0.3) is 0 Å². The quantitative estimate of drug-likeness (QED) is 0.121. The molecular weight excluding hydrogens is 733 g/mol. The van der Waals surface area contributed by atoms with Crippen LogP contribution in [-0.4, -0.2) is 90.7 Å². The molecule has 58 heavy (non-hydrogen) atoms. The first-order valence-electron chi connectivity index (χ1n) is 21.4. The molecule has 0 aliphatic carbocycles. The fraction of sp³-hybridized carbons (Fsp3) is 0.511. The average Bonchev–Trinajstić information content (AvgIpc) is 3.48. The number of carbonyl (C=O) groups excluding carboxylic acids is 5. The van der Waals surface area contributed by atoms with Crippen LogP contribution in [0.1, 0.15) is 132 Å². The number of unbranched alkanes of at least 4 members (excludes halogenated alkanes) is 3. The molecule has 308 valence electrons. The fourth-order valence-corrected chi connectivity index (χ4v) is 9.29. The Morgan fingerprint density at radius 3 is 2.26 bits per heavy atom. The molecule has 4 heterocycles. The zero-order valence-electron chi connectivity index (χ0n) is 34.1. The third kappa shape index (κ3) is 9.63. The van der Waals surface area contributed by atoms with E-state index < -0.39 is 0 Å². The highest BCUT2D eigenvalue weighted by Crippen LogP contribution is 2.34. The van der Waals surface area contributed by atoms with E-state index in [-0.39, 0.29) is 36.1 Å². The molecule has 0 radical (unpaired) electrons. The van der Waals surface area contributed by atoms with Crippen molar-refractivity contribution < 1.29 is 33.4 Å². The van der Waals surface area contributed by atoms with Gasteiger partial charge in [0, 0.05) is 25.9 Å². The van der Waals surface area contributed by atoms with E-state index in [1.165, 1.54) is 10.5 Å². The predicted molar refractivity (Wildman–Crippen MR) is 221 cm³/mol. The summed E-state index contributed by atoms with van der Waals surface area (Å²) >= 11 is 0. The topological polar surface area (TPSA) is 126 Å². The lowest BCUT2D eigenvalue weighted by molar-refractivity contribution is -0.135. The van der Waals surface area contributed by atoms with Gasteiger partial charge >= 0.3 is 0 Å². The number of carbonyl (C=O) groups is 5. The van der Waals surface area contributed by atoms with Gasteiger partial charge in [-0.2, -0.15) is 0 Å². The number of ether oxygens (including phenoxy) is 2. The van der Waals surface area contributed by atoms with Gasteiger partial charge in [-0.15, -0.1) is 0 Å². The van der Waals surface area contributed by atoms with Crippen molar-refractivity contribution >= 4 is 29.5 Å². The highest BCUT2D eigenvalue weighted by atomic mass is 16.5. The Balaban J connectivity index is 0.776. The van der Waals surface area contributed by atoms with Gasteiger partial charge in [-0.05, 0) is 130 Å². The molecule has 3 aromatic carbocycles. The number of rotatable bonds is 16. The number of nitrogens with one attached hydrogen (secondary N) is 1. The van der Waals surface area contributed by atoms with E-state index >= 15 is 0 Å². The van der Waals surface area contributed by atoms with Crippen LogP contribution in [0.5, 0.6) is 11.5 Å². The van der Waals surface area contributed by atoms with E-state index in [0.29, 0.717) is 66.2 Å². The van der Waals surface area contributed by atoms with E-state index in [9.17, 15) is 24.0 Å². The second-order valence-electron chi connectivity index (χ2n) is 16.4. The molecule has 3 aromatic rings. The third-order valence-electron chi connectivity index (χ3n) is 12.7. The van der Waals surface area contributed by atoms with Crippen LogP contribution < -0.4 is 14.8 Å². The molecule has 1 unspecified atom stereocenters. The molecule has 7 rings (SSSR count). The van der Waals surface area contributed by atoms with Gasteiger partial charge in [0.1, 0.15) is 0 Å². The maximum absolute atomic E-state index is 13.6. The van der Waals surface area contributed by atoms with Crippen molar-refractivity contribution in [3.8, 4) is 11.5 Å². The first kappa shape index (κ1) is 41.1. The molecule has 1 N–H and O–H groups in total. The fourth-order valence-electron chi connectivity index (χ4n) is 9.29. The number of methoxy groups -OCH3 is 1. The summed E-state index contributed by atoms with van der Waals surface area (Å²) in [4.78, 5) is 69.9. The maximum atomic E-state index is 13.6. The van der Waals surface area contributed by atoms with Crippen LogP contribution in [0.15, 0.2) is 60.7 Å². The number of amides is 5. The molecule has 0 saturated carbocycles. The van der Waals surface area contributed by atoms with Crippen molar-refractivity contribution in [3.05, 3.63) is 94.0 Å². The highest BCUT2D eigenvalue weighted by Gasteiger charge is 2.37. The van der Waals surface area contributed by atoms with E-state index in [2.05, 4.69) is 27.2 Å². The number of fused-ring (bicyclic) bond motifs is 1. The molecule has 4 aliphatic heterocycles. The standard InChI is InChI=1S/C47H58N4O7/c1-3-58-41-29-33(12-18-40(41)57-2)31-51-46(55)39-11-8-10-37(44(39)47(51)56)9-6-4-5-7-24-49-25-20-32(21-26-49)30-43(53)50-27-22-35(23-28-50)34-13-15-36(16-14-34)38-17-19-42(52)48-45(38)54/h8,10-16,18,29,32,35,38H,3-7,9,17,19-28,30-31H2,1-2H3,(H,48,52,54). The highest BCUT2D eigenvalue weighted by molar-refractivity contribution is 6.22. The number of hydrogen-bond acceptors (Lipinski definition) is 8. The lowest BCUT2D eigenvalue weighted by atomic mass is 9.85. The van der Waals surface area contributed by atoms with E-state index in [4.69, 9.17) is 9.47 Å². The molecule has 1 atom stereocenters. The maximum Gasteiger partial charge on any atom is 0.262 e. The lowest BCUT2D eigenvalue weighted by Gasteiger charge is -2.35. The average molecular weight is 791 g/mol. The Labute approximate surface area is 342 Å². The largest absolute Gasteiger partial charge is 0.493 e. The van der Waals surface area contributed by atoms with Gasteiger partial charge in [0.15, 0.2) is 11.5 Å². The summed E-state index contributed by atoms with van der Waals surface area (Å²) in [5.41, 5.74) is 5.01. The van der Waals surface area contributed by atoms with Crippen molar-refractivity contribution in [1.82, 2.24) is 20.0 Å². The number of aryl methyl sites for hydroxylation is 1. The smallest absolute Gasteiger partial charge is 0.262 e. The molecular formula is C47H58N4O7. The number of nitrogens with zero attached hydrogens (tertiary/aromatic N) is 3. The summed E-state index contributed by atoms with van der Waals surface area (Å²) in [6.45, 7) is 7.30. The van der Waals surface area contributed by atoms with Gasteiger partial charge in [-0.25, -0.2) is 0 Å². The summed E-state index contributed by atoms with van der Waals surface area (Å²) in [7, 11) is 1.59. The molecule has 3 saturated heterocycles. The molecule has 4 aliphatic rings. The number of benzene rings is 3. The van der Waals surface area contributed by atoms with Crippen LogP contribution in [0.4, 0.5) is 0 Å². The van der Waals surface area contributed by atoms with Crippen molar-refractivity contribution in [1.29, 1.82) is 0 Å². The van der Waals surface area contributed by atoms with Gasteiger partial charge in [-0.1, -0.05) is 55.3 Å². The minimum Gasteiger partial charge on any atom is -0.493 e. The zero-order valence-corrected chi connectivity index (χ0v) is 34.1. The molecule has 3 fully saturated rings. The number of piperidine rings is 3. The van der Waals surface area contributed by atoms with E-state index in [1.807, 2.05) is 43.3 Å². The SMILES string of the molecule is CCOc1cc(CN2C(=O)c3cccc(CCCCCCN4CCC(CC(=O)N5CCC(c6ccc(C7CCC(=O)NC7=O)cc6)CC5)CC4)c3C2=O)ccc1OC. The Hall–Kier alpha value is -5.03. The Kier molecular flexibility index (Phi) is 13.6. The molecule has 0 bridgehead atoms. The van der Waals surface area contributed by atoms with Crippen LogP contribution in [0, 0.1) is 5.92 Å². The Bertz CT molecular complexity index is 1960. The summed E-state index contributed by atoms with van der Waals surface area (Å²) in [5.74, 6) is 1.22. The lowest BCUT2D eigenvalue weighted by Crippen LogP contribution is -2.40. The van der Waals surface area contributed by atoms with Crippen LogP contribution in [0.3, 0.4) is 0 Å². The second-order valence-corrected chi connectivity index (χ2v) is 16.4. The predicted octanol–water partition coefficient (Wildman–Crippen LogP) is 7.02. The molecule has 5 amide bonds. The number of hydrogen-bond donors (Lipinski definition) is 1. The minimum atomic E-state index is -0.262. The van der Waals surface area contributed by atoms with E-state index in [1.54, 1.807) is 19.2 Å². The molecule has 11 heteroatoms. The summed E-state index contributed by atoms with van der Waals surface area (Å²) < 4.78 is 11.1. The Morgan fingerprint density at radius 1 is 0.793 bits per heavy atom. The van der Waals surface area contributed by atoms with Crippen LogP contribution in [0.2, 0.25) is 0 Å². The first-order chi connectivity index (χ1) is 28.2. The normalized spacial score (nSPS) is 19.4. The van der Waals surface area contributed by atoms with Crippen molar-refractivity contribution in [3.63, 3.8) is 0 Å². The monoisotopic (exact) mass is 790 g/mol. The summed E-state index contributed by atoms with van der Waals surface area (Å²) in [6, 6.07) is 19.4. The van der Waals surface area contributed by atoms with Crippen molar-refractivity contribution in [2.45, 2.75) is 102 Å². The van der Waals surface area contributed by atoms with E-state index in [0.717, 1.165) is 107 Å². The Morgan fingerprint density at radius 2 is 1.53 bits per heavy atom. The first-order valence-corrected chi connectivity index (χ1v) is 21.4. The second kappa shape index (κ2) is 19.1. The molecule has 0 aromatic heterocycles. The van der Waals surface area contributed by atoms with Gasteiger partial charge in [0.05, 0.1) is 37.3 Å². The van der Waals surface area contributed by atoms with Crippen LogP contribution in [-0.2, 0) is 27.3 Å². The van der Waals surface area contributed by atoms with Crippen molar-refractivity contribution in [2.75, 3.05) is 46.4 Å². The summed E-state index contributed by atoms with van der Waals surface area (Å²) in [6.07, 6.45) is 10.7. The number of imide groups is 2.